The molecule has 2 aliphatic rings. The van der Waals surface area contributed by atoms with Gasteiger partial charge in [-0.05, 0) is 38.1 Å². The third kappa shape index (κ3) is 2.52. The van der Waals surface area contributed by atoms with Crippen LogP contribution in [-0.2, 0) is 10.0 Å². The molecule has 4 nitrogen and oxygen atoms in total. The highest BCUT2D eigenvalue weighted by Crippen LogP contribution is 2.32. The summed E-state index contributed by atoms with van der Waals surface area (Å²) in [6, 6.07) is 0. The molecule has 1 heterocycles. The van der Waals surface area contributed by atoms with Crippen LogP contribution in [-0.4, -0.2) is 37.6 Å². The second kappa shape index (κ2) is 4.39. The molecule has 1 atom stereocenters. The Morgan fingerprint density at radius 3 is 2.53 bits per heavy atom. The fourth-order valence-electron chi connectivity index (χ4n) is 2.19. The Morgan fingerprint density at radius 1 is 1.20 bits per heavy atom. The summed E-state index contributed by atoms with van der Waals surface area (Å²) in [5, 5.41) is -0.0750. The first-order chi connectivity index (χ1) is 7.14. The van der Waals surface area contributed by atoms with Gasteiger partial charge in [-0.3, -0.25) is 0 Å². The van der Waals surface area contributed by atoms with Crippen LogP contribution in [0.25, 0.3) is 0 Å². The van der Waals surface area contributed by atoms with Crippen molar-refractivity contribution in [1.29, 1.82) is 0 Å². The Kier molecular flexibility index (Phi) is 3.33. The van der Waals surface area contributed by atoms with E-state index in [1.807, 2.05) is 0 Å². The molecule has 1 saturated carbocycles. The Hall–Kier alpha value is -0.130. The van der Waals surface area contributed by atoms with Crippen LogP contribution in [0, 0.1) is 5.92 Å². The number of rotatable bonds is 3. The summed E-state index contributed by atoms with van der Waals surface area (Å²) >= 11 is 0. The van der Waals surface area contributed by atoms with E-state index in [0.29, 0.717) is 25.6 Å². The highest BCUT2D eigenvalue weighted by Gasteiger charge is 2.40. The number of nitrogens with zero attached hydrogens (tertiary/aromatic N) is 1. The van der Waals surface area contributed by atoms with E-state index in [9.17, 15) is 8.42 Å². The predicted molar refractivity (Wildman–Crippen MR) is 59.9 cm³/mol. The highest BCUT2D eigenvalue weighted by atomic mass is 32.2. The first-order valence-electron chi connectivity index (χ1n) is 5.83. The van der Waals surface area contributed by atoms with Crippen molar-refractivity contribution in [2.45, 2.75) is 37.4 Å². The van der Waals surface area contributed by atoms with Gasteiger partial charge in [-0.1, -0.05) is 6.42 Å². The van der Waals surface area contributed by atoms with Crippen LogP contribution >= 0.6 is 0 Å². The Balaban J connectivity index is 2.06. The fourth-order valence-corrected chi connectivity index (χ4v) is 4.15. The van der Waals surface area contributed by atoms with E-state index < -0.39 is 10.0 Å². The summed E-state index contributed by atoms with van der Waals surface area (Å²) in [5.41, 5.74) is 5.65. The summed E-state index contributed by atoms with van der Waals surface area (Å²) in [5.74, 6) is 0.362. The third-order valence-corrected chi connectivity index (χ3v) is 5.74. The van der Waals surface area contributed by atoms with Gasteiger partial charge in [-0.2, -0.15) is 0 Å². The summed E-state index contributed by atoms with van der Waals surface area (Å²) in [7, 11) is -2.98. The molecule has 0 aromatic heterocycles. The molecule has 1 saturated heterocycles. The van der Waals surface area contributed by atoms with E-state index in [0.717, 1.165) is 32.1 Å². The summed E-state index contributed by atoms with van der Waals surface area (Å²) in [6.07, 6.45) is 4.88. The van der Waals surface area contributed by atoms with Gasteiger partial charge < -0.3 is 5.73 Å². The lowest BCUT2D eigenvalue weighted by atomic mass is 10.0. The minimum absolute atomic E-state index is 0.0750. The average Bonchev–Trinajstić information content (AvgIpc) is 3.04. The van der Waals surface area contributed by atoms with Crippen LogP contribution < -0.4 is 5.73 Å². The molecule has 2 rings (SSSR count). The lowest BCUT2D eigenvalue weighted by Crippen LogP contribution is -2.38. The average molecular weight is 232 g/mol. The minimum Gasteiger partial charge on any atom is -0.330 e. The summed E-state index contributed by atoms with van der Waals surface area (Å²) < 4.78 is 25.8. The Morgan fingerprint density at radius 2 is 1.93 bits per heavy atom. The highest BCUT2D eigenvalue weighted by molar-refractivity contribution is 7.90. The largest absolute Gasteiger partial charge is 0.330 e. The van der Waals surface area contributed by atoms with Gasteiger partial charge in [0.05, 0.1) is 5.25 Å². The van der Waals surface area contributed by atoms with Crippen LogP contribution in [0.1, 0.15) is 32.1 Å². The van der Waals surface area contributed by atoms with Gasteiger partial charge in [-0.15, -0.1) is 0 Å². The van der Waals surface area contributed by atoms with E-state index in [1.54, 1.807) is 4.31 Å². The van der Waals surface area contributed by atoms with E-state index >= 15 is 0 Å². The van der Waals surface area contributed by atoms with Crippen LogP contribution in [0.5, 0.6) is 0 Å². The van der Waals surface area contributed by atoms with Crippen molar-refractivity contribution in [1.82, 2.24) is 4.31 Å². The van der Waals surface area contributed by atoms with Crippen LogP contribution in [0.3, 0.4) is 0 Å². The summed E-state index contributed by atoms with van der Waals surface area (Å²) in [4.78, 5) is 0. The Bertz CT molecular complexity index is 311. The molecule has 0 spiro atoms. The van der Waals surface area contributed by atoms with Crippen LogP contribution in [0.4, 0.5) is 0 Å². The topological polar surface area (TPSA) is 63.4 Å². The molecule has 0 amide bonds. The zero-order chi connectivity index (χ0) is 10.9. The zero-order valence-corrected chi connectivity index (χ0v) is 9.88. The molecule has 2 fully saturated rings. The van der Waals surface area contributed by atoms with E-state index in [2.05, 4.69) is 0 Å². The lowest BCUT2D eigenvalue weighted by Gasteiger charge is -2.23. The first kappa shape index (κ1) is 11.4. The van der Waals surface area contributed by atoms with E-state index in [-0.39, 0.29) is 5.25 Å². The second-order valence-corrected chi connectivity index (χ2v) is 6.91. The SMILES string of the molecule is NCC1CCCCN(S(=O)(=O)C2CC2)C1. The molecule has 5 heteroatoms. The smallest absolute Gasteiger partial charge is 0.216 e. The normalized spacial score (nSPS) is 30.1. The van der Waals surface area contributed by atoms with Crippen LogP contribution in [0.15, 0.2) is 0 Å². The molecule has 1 unspecified atom stereocenters. The number of hydrogen-bond donors (Lipinski definition) is 1. The molecule has 0 bridgehead atoms. The maximum atomic E-state index is 12.0. The molecule has 0 aromatic rings. The van der Waals surface area contributed by atoms with Gasteiger partial charge in [0.25, 0.3) is 0 Å². The van der Waals surface area contributed by atoms with Crippen molar-refractivity contribution < 1.29 is 8.42 Å². The maximum absolute atomic E-state index is 12.0. The van der Waals surface area contributed by atoms with E-state index in [4.69, 9.17) is 5.73 Å². The molecule has 0 aromatic carbocycles. The first-order valence-corrected chi connectivity index (χ1v) is 7.34. The number of hydrogen-bond acceptors (Lipinski definition) is 3. The standard InChI is InChI=1S/C10H20N2O2S/c11-7-9-3-1-2-6-12(8-9)15(13,14)10-4-5-10/h9-10H,1-8,11H2. The monoisotopic (exact) mass is 232 g/mol. The van der Waals surface area contributed by atoms with Gasteiger partial charge in [-0.25, -0.2) is 12.7 Å². The van der Waals surface area contributed by atoms with Gasteiger partial charge >= 0.3 is 0 Å². The minimum atomic E-state index is -2.98. The quantitative estimate of drug-likeness (QED) is 0.772. The third-order valence-electron chi connectivity index (χ3n) is 3.37. The fraction of sp³-hybridized carbons (Fsp3) is 1.00. The number of nitrogens with two attached hydrogens (primary N) is 1. The molecule has 2 N–H and O–H groups in total. The van der Waals surface area contributed by atoms with Crippen molar-refractivity contribution in [2.75, 3.05) is 19.6 Å². The Labute approximate surface area is 91.9 Å². The predicted octanol–water partition coefficient (Wildman–Crippen LogP) is 0.539. The molecular formula is C10H20N2O2S. The molecule has 15 heavy (non-hydrogen) atoms. The van der Waals surface area contributed by atoms with Crippen molar-refractivity contribution in [3.8, 4) is 0 Å². The van der Waals surface area contributed by atoms with Gasteiger partial charge in [0.15, 0.2) is 0 Å². The number of sulfonamides is 1. The molecule has 88 valence electrons. The van der Waals surface area contributed by atoms with E-state index in [1.165, 1.54) is 0 Å². The molecular weight excluding hydrogens is 212 g/mol. The van der Waals surface area contributed by atoms with Crippen molar-refractivity contribution in [3.63, 3.8) is 0 Å². The molecule has 1 aliphatic carbocycles. The summed E-state index contributed by atoms with van der Waals surface area (Å²) in [6.45, 7) is 1.96. The van der Waals surface area contributed by atoms with Gasteiger partial charge in [0, 0.05) is 13.1 Å². The maximum Gasteiger partial charge on any atom is 0.216 e. The molecule has 0 radical (unpaired) electrons. The van der Waals surface area contributed by atoms with Crippen molar-refractivity contribution in [2.24, 2.45) is 11.7 Å². The van der Waals surface area contributed by atoms with Gasteiger partial charge in [0.2, 0.25) is 10.0 Å². The molecule has 1 aliphatic heterocycles. The lowest BCUT2D eigenvalue weighted by molar-refractivity contribution is 0.368. The zero-order valence-electron chi connectivity index (χ0n) is 9.06. The van der Waals surface area contributed by atoms with Gasteiger partial charge in [0.1, 0.15) is 0 Å². The van der Waals surface area contributed by atoms with Crippen molar-refractivity contribution >= 4 is 10.0 Å². The van der Waals surface area contributed by atoms with Crippen molar-refractivity contribution in [3.05, 3.63) is 0 Å². The van der Waals surface area contributed by atoms with Crippen LogP contribution in [0.2, 0.25) is 0 Å². The second-order valence-electron chi connectivity index (χ2n) is 4.70.